The molecule has 0 saturated carbocycles. The summed E-state index contributed by atoms with van der Waals surface area (Å²) in [5.41, 5.74) is 3.48. The zero-order chi connectivity index (χ0) is 16.1. The lowest BCUT2D eigenvalue weighted by Crippen LogP contribution is -2.37. The molecule has 2 aromatic carbocycles. The van der Waals surface area contributed by atoms with Crippen LogP contribution in [0, 0.1) is 6.92 Å². The molecule has 0 heterocycles. The quantitative estimate of drug-likeness (QED) is 0.845. The van der Waals surface area contributed by atoms with Crippen LogP contribution in [-0.4, -0.2) is 36.9 Å². The average molecular weight is 296 g/mol. The highest BCUT2D eigenvalue weighted by Gasteiger charge is 2.26. The second-order valence-corrected chi connectivity index (χ2v) is 5.95. The van der Waals surface area contributed by atoms with E-state index >= 15 is 0 Å². The predicted molar refractivity (Wildman–Crippen MR) is 90.5 cm³/mol. The normalized spacial score (nSPS) is 12.2. The van der Waals surface area contributed by atoms with E-state index in [0.29, 0.717) is 0 Å². The Morgan fingerprint density at radius 3 is 2.09 bits per heavy atom. The molecule has 3 heteroatoms. The van der Waals surface area contributed by atoms with E-state index in [1.165, 1.54) is 11.1 Å². The fourth-order valence-corrected chi connectivity index (χ4v) is 2.54. The van der Waals surface area contributed by atoms with E-state index in [9.17, 15) is 4.79 Å². The summed E-state index contributed by atoms with van der Waals surface area (Å²) in [6.45, 7) is 2.81. The van der Waals surface area contributed by atoms with E-state index in [1.807, 2.05) is 37.4 Å². The number of likely N-dealkylation sites (N-methyl/N-ethyl adjacent to an activating group) is 2. The standard InChI is InChI=1S/C19H24N2O/c1-15-10-12-16(13-11-15)14-21(4)18(19(22)20(2)3)17-8-6-5-7-9-17/h5-13,18H,14H2,1-4H3. The molecule has 0 spiro atoms. The second kappa shape index (κ2) is 7.23. The topological polar surface area (TPSA) is 23.6 Å². The van der Waals surface area contributed by atoms with Gasteiger partial charge in [0.05, 0.1) is 0 Å². The van der Waals surface area contributed by atoms with Gasteiger partial charge in [-0.3, -0.25) is 9.69 Å². The van der Waals surface area contributed by atoms with Crippen molar-refractivity contribution in [2.75, 3.05) is 21.1 Å². The van der Waals surface area contributed by atoms with Crippen LogP contribution >= 0.6 is 0 Å². The van der Waals surface area contributed by atoms with Gasteiger partial charge >= 0.3 is 0 Å². The highest BCUT2D eigenvalue weighted by Crippen LogP contribution is 2.23. The number of hydrogen-bond donors (Lipinski definition) is 0. The van der Waals surface area contributed by atoms with Gasteiger partial charge in [0, 0.05) is 20.6 Å². The first-order chi connectivity index (χ1) is 10.5. The highest BCUT2D eigenvalue weighted by atomic mass is 16.2. The Morgan fingerprint density at radius 1 is 0.955 bits per heavy atom. The SMILES string of the molecule is Cc1ccc(CN(C)C(C(=O)N(C)C)c2ccccc2)cc1. The van der Waals surface area contributed by atoms with Crippen molar-refractivity contribution < 1.29 is 4.79 Å². The number of amides is 1. The molecule has 0 bridgehead atoms. The van der Waals surface area contributed by atoms with Gasteiger partial charge in [-0.1, -0.05) is 60.2 Å². The minimum Gasteiger partial charge on any atom is -0.347 e. The Morgan fingerprint density at radius 2 is 1.55 bits per heavy atom. The van der Waals surface area contributed by atoms with Crippen molar-refractivity contribution >= 4 is 5.91 Å². The molecule has 0 N–H and O–H groups in total. The summed E-state index contributed by atoms with van der Waals surface area (Å²) in [5, 5.41) is 0. The lowest BCUT2D eigenvalue weighted by Gasteiger charge is -2.29. The van der Waals surface area contributed by atoms with Crippen LogP contribution in [0.3, 0.4) is 0 Å². The number of nitrogens with zero attached hydrogens (tertiary/aromatic N) is 2. The van der Waals surface area contributed by atoms with Crippen molar-refractivity contribution in [1.29, 1.82) is 0 Å². The van der Waals surface area contributed by atoms with Gasteiger partial charge in [0.25, 0.3) is 0 Å². The van der Waals surface area contributed by atoms with Crippen LogP contribution in [0.4, 0.5) is 0 Å². The summed E-state index contributed by atoms with van der Waals surface area (Å²) >= 11 is 0. The summed E-state index contributed by atoms with van der Waals surface area (Å²) in [5.74, 6) is 0.0980. The summed E-state index contributed by atoms with van der Waals surface area (Å²) in [6, 6.07) is 18.1. The van der Waals surface area contributed by atoms with E-state index in [2.05, 4.69) is 36.1 Å². The zero-order valence-corrected chi connectivity index (χ0v) is 13.8. The molecular weight excluding hydrogens is 272 g/mol. The fraction of sp³-hybridized carbons (Fsp3) is 0.316. The molecule has 3 nitrogen and oxygen atoms in total. The molecule has 2 aromatic rings. The van der Waals surface area contributed by atoms with Crippen LogP contribution in [0.5, 0.6) is 0 Å². The lowest BCUT2D eigenvalue weighted by atomic mass is 10.0. The molecule has 0 fully saturated rings. The maximum absolute atomic E-state index is 12.6. The van der Waals surface area contributed by atoms with Gasteiger partial charge in [0.15, 0.2) is 0 Å². The van der Waals surface area contributed by atoms with Crippen LogP contribution in [0.15, 0.2) is 54.6 Å². The van der Waals surface area contributed by atoms with Gasteiger partial charge in [-0.15, -0.1) is 0 Å². The Bertz CT molecular complexity index is 605. The molecule has 0 aliphatic rings. The number of hydrogen-bond acceptors (Lipinski definition) is 2. The van der Waals surface area contributed by atoms with Gasteiger partial charge < -0.3 is 4.90 Å². The van der Waals surface area contributed by atoms with E-state index in [1.54, 1.807) is 19.0 Å². The summed E-state index contributed by atoms with van der Waals surface area (Å²) in [7, 11) is 5.61. The van der Waals surface area contributed by atoms with Crippen molar-refractivity contribution in [1.82, 2.24) is 9.80 Å². The van der Waals surface area contributed by atoms with Crippen LogP contribution in [-0.2, 0) is 11.3 Å². The fourth-order valence-electron chi connectivity index (χ4n) is 2.54. The Balaban J connectivity index is 2.24. The molecule has 0 radical (unpaired) electrons. The number of carbonyl (C=O) groups is 1. The molecule has 2 rings (SSSR count). The minimum absolute atomic E-state index is 0.0980. The van der Waals surface area contributed by atoms with Crippen LogP contribution < -0.4 is 0 Å². The Hall–Kier alpha value is -2.13. The van der Waals surface area contributed by atoms with Crippen LogP contribution in [0.25, 0.3) is 0 Å². The van der Waals surface area contributed by atoms with Crippen molar-refractivity contribution in [3.8, 4) is 0 Å². The third-order valence-corrected chi connectivity index (χ3v) is 3.78. The van der Waals surface area contributed by atoms with Crippen molar-refractivity contribution in [3.63, 3.8) is 0 Å². The summed E-state index contributed by atoms with van der Waals surface area (Å²) in [4.78, 5) is 16.4. The monoisotopic (exact) mass is 296 g/mol. The number of rotatable bonds is 5. The average Bonchev–Trinajstić information content (AvgIpc) is 2.50. The highest BCUT2D eigenvalue weighted by molar-refractivity contribution is 5.82. The molecule has 1 atom stereocenters. The number of aryl methyl sites for hydroxylation is 1. The van der Waals surface area contributed by atoms with Crippen LogP contribution in [0.1, 0.15) is 22.7 Å². The molecular formula is C19H24N2O. The largest absolute Gasteiger partial charge is 0.347 e. The van der Waals surface area contributed by atoms with E-state index in [-0.39, 0.29) is 11.9 Å². The van der Waals surface area contributed by atoms with E-state index in [4.69, 9.17) is 0 Å². The summed E-state index contributed by atoms with van der Waals surface area (Å²) in [6.07, 6.45) is 0. The molecule has 0 aromatic heterocycles. The van der Waals surface area contributed by atoms with Gasteiger partial charge in [-0.05, 0) is 25.1 Å². The third kappa shape index (κ3) is 3.95. The van der Waals surface area contributed by atoms with Crippen molar-refractivity contribution in [2.24, 2.45) is 0 Å². The minimum atomic E-state index is -0.266. The van der Waals surface area contributed by atoms with Gasteiger partial charge in [0.1, 0.15) is 6.04 Å². The third-order valence-electron chi connectivity index (χ3n) is 3.78. The van der Waals surface area contributed by atoms with Gasteiger partial charge in [-0.25, -0.2) is 0 Å². The van der Waals surface area contributed by atoms with Gasteiger partial charge in [0.2, 0.25) is 5.91 Å². The first kappa shape index (κ1) is 16.2. The number of carbonyl (C=O) groups excluding carboxylic acids is 1. The maximum Gasteiger partial charge on any atom is 0.244 e. The lowest BCUT2D eigenvalue weighted by molar-refractivity contribution is -0.134. The van der Waals surface area contributed by atoms with Gasteiger partial charge in [-0.2, -0.15) is 0 Å². The van der Waals surface area contributed by atoms with Crippen molar-refractivity contribution in [2.45, 2.75) is 19.5 Å². The Labute approximate surface area is 133 Å². The maximum atomic E-state index is 12.6. The second-order valence-electron chi connectivity index (χ2n) is 5.95. The van der Waals surface area contributed by atoms with E-state index in [0.717, 1.165) is 12.1 Å². The first-order valence-electron chi connectivity index (χ1n) is 7.51. The molecule has 1 amide bonds. The zero-order valence-electron chi connectivity index (χ0n) is 13.8. The Kier molecular flexibility index (Phi) is 5.34. The number of benzene rings is 2. The van der Waals surface area contributed by atoms with Crippen molar-refractivity contribution in [3.05, 3.63) is 71.3 Å². The molecule has 0 aliphatic heterocycles. The first-order valence-corrected chi connectivity index (χ1v) is 7.51. The predicted octanol–water partition coefficient (Wildman–Crippen LogP) is 3.26. The van der Waals surface area contributed by atoms with Crippen LogP contribution in [0.2, 0.25) is 0 Å². The molecule has 22 heavy (non-hydrogen) atoms. The molecule has 1 unspecified atom stereocenters. The smallest absolute Gasteiger partial charge is 0.244 e. The molecule has 116 valence electrons. The molecule has 0 aliphatic carbocycles. The van der Waals surface area contributed by atoms with E-state index < -0.39 is 0 Å². The molecule has 0 saturated heterocycles. The summed E-state index contributed by atoms with van der Waals surface area (Å²) < 4.78 is 0.